The molecular formula is C44H53N3O7. The molecule has 2 heterocycles. The van der Waals surface area contributed by atoms with Gasteiger partial charge in [-0.2, -0.15) is 0 Å². The number of ether oxygens (including phenoxy) is 7. The van der Waals surface area contributed by atoms with Crippen molar-refractivity contribution in [2.24, 2.45) is 0 Å². The Labute approximate surface area is 320 Å². The van der Waals surface area contributed by atoms with Crippen molar-refractivity contribution in [3.05, 3.63) is 102 Å². The van der Waals surface area contributed by atoms with Crippen LogP contribution in [-0.4, -0.2) is 78.8 Å². The molecule has 6 rings (SSSR count). The van der Waals surface area contributed by atoms with E-state index in [0.29, 0.717) is 40.5 Å². The minimum absolute atomic E-state index is 0. The second kappa shape index (κ2) is 18.4. The van der Waals surface area contributed by atoms with Gasteiger partial charge in [-0.15, -0.1) is 0 Å². The molecular weight excluding hydrogens is 682 g/mol. The number of nitrogens with zero attached hydrogens (tertiary/aromatic N) is 3. The molecule has 1 aromatic heterocycles. The Morgan fingerprint density at radius 1 is 0.593 bits per heavy atom. The van der Waals surface area contributed by atoms with Crippen LogP contribution in [0, 0.1) is 0 Å². The minimum Gasteiger partial charge on any atom is -0.497 e. The van der Waals surface area contributed by atoms with E-state index in [4.69, 9.17) is 33.2 Å². The molecule has 0 bridgehead atoms. The van der Waals surface area contributed by atoms with Gasteiger partial charge in [-0.3, -0.25) is 9.88 Å². The van der Waals surface area contributed by atoms with Crippen LogP contribution in [0.25, 0.3) is 22.4 Å². The number of likely N-dealkylation sites (tertiary alicyclic amines) is 1. The molecule has 1 aliphatic rings. The van der Waals surface area contributed by atoms with Crippen LogP contribution in [0.4, 0.5) is 5.69 Å². The smallest absolute Gasteiger partial charge is 0.203 e. The summed E-state index contributed by atoms with van der Waals surface area (Å²) in [6, 6.07) is 29.6. The number of anilines is 1. The molecule has 5 aromatic rings. The Kier molecular flexibility index (Phi) is 13.5. The number of benzene rings is 4. The van der Waals surface area contributed by atoms with E-state index >= 15 is 0 Å². The summed E-state index contributed by atoms with van der Waals surface area (Å²) in [5, 5.41) is 0. The number of rotatable bonds is 15. The average molecular weight is 736 g/mol. The van der Waals surface area contributed by atoms with Gasteiger partial charge in [0, 0.05) is 49.7 Å². The zero-order valence-corrected chi connectivity index (χ0v) is 31.7. The van der Waals surface area contributed by atoms with E-state index in [9.17, 15) is 0 Å². The molecule has 0 atom stereocenters. The highest BCUT2D eigenvalue weighted by atomic mass is 16.5. The van der Waals surface area contributed by atoms with Gasteiger partial charge in [-0.1, -0.05) is 25.6 Å². The van der Waals surface area contributed by atoms with Crippen molar-refractivity contribution >= 4 is 5.69 Å². The van der Waals surface area contributed by atoms with Gasteiger partial charge < -0.3 is 38.1 Å². The zero-order valence-electron chi connectivity index (χ0n) is 31.7. The van der Waals surface area contributed by atoms with Crippen molar-refractivity contribution in [3.8, 4) is 62.6 Å². The van der Waals surface area contributed by atoms with E-state index in [2.05, 4.69) is 63.3 Å². The van der Waals surface area contributed by atoms with Crippen molar-refractivity contribution in [1.82, 2.24) is 9.88 Å². The molecule has 0 unspecified atom stereocenters. The summed E-state index contributed by atoms with van der Waals surface area (Å²) >= 11 is 0. The molecule has 286 valence electrons. The van der Waals surface area contributed by atoms with Gasteiger partial charge in [0.25, 0.3) is 0 Å². The maximum atomic E-state index is 5.64. The standard InChI is InChI=1S/C43H49N3O7.CH4/c1-47-36-13-11-34(12-14-36)46(28-29-9-8-10-31(21-29)32-23-38(48-2)42(52-6)39(24-32)49-3)35-16-19-45(20-17-35)27-30-15-18-44-37(22-30)33-25-40(50-4)43(53-7)41(26-33)51-5;/h8-15,18,21-26,35H,16-17,19-20,27-28H2,1-7H3;1H4. The highest BCUT2D eigenvalue weighted by molar-refractivity contribution is 5.72. The normalized spacial score (nSPS) is 13.0. The summed E-state index contributed by atoms with van der Waals surface area (Å²) in [6.45, 7) is 3.55. The largest absolute Gasteiger partial charge is 0.497 e. The summed E-state index contributed by atoms with van der Waals surface area (Å²) in [7, 11) is 11.5. The van der Waals surface area contributed by atoms with Gasteiger partial charge in [0.2, 0.25) is 11.5 Å². The lowest BCUT2D eigenvalue weighted by Crippen LogP contribution is -2.44. The first kappa shape index (κ1) is 39.6. The Bertz CT molecular complexity index is 1930. The first-order valence-corrected chi connectivity index (χ1v) is 17.7. The number of methoxy groups -OCH3 is 7. The predicted octanol–water partition coefficient (Wildman–Crippen LogP) is 8.78. The van der Waals surface area contributed by atoms with Crippen LogP contribution in [-0.2, 0) is 13.1 Å². The van der Waals surface area contributed by atoms with E-state index in [1.165, 1.54) is 16.8 Å². The highest BCUT2D eigenvalue weighted by Crippen LogP contribution is 2.42. The maximum absolute atomic E-state index is 5.64. The first-order valence-electron chi connectivity index (χ1n) is 17.7. The molecule has 0 saturated carbocycles. The van der Waals surface area contributed by atoms with Gasteiger partial charge >= 0.3 is 0 Å². The van der Waals surface area contributed by atoms with E-state index in [1.54, 1.807) is 49.8 Å². The van der Waals surface area contributed by atoms with E-state index in [1.807, 2.05) is 42.6 Å². The molecule has 1 saturated heterocycles. The van der Waals surface area contributed by atoms with Crippen molar-refractivity contribution in [2.75, 3.05) is 67.8 Å². The first-order chi connectivity index (χ1) is 25.9. The average Bonchev–Trinajstić information content (AvgIpc) is 3.22. The van der Waals surface area contributed by atoms with Gasteiger partial charge in [0.15, 0.2) is 23.0 Å². The molecule has 1 fully saturated rings. The third-order valence-electron chi connectivity index (χ3n) is 9.87. The number of aromatic nitrogens is 1. The molecule has 0 amide bonds. The third kappa shape index (κ3) is 8.77. The summed E-state index contributed by atoms with van der Waals surface area (Å²) in [4.78, 5) is 9.75. The monoisotopic (exact) mass is 735 g/mol. The third-order valence-corrected chi connectivity index (χ3v) is 9.87. The van der Waals surface area contributed by atoms with Gasteiger partial charge in [0.05, 0.1) is 55.5 Å². The maximum Gasteiger partial charge on any atom is 0.203 e. The topological polar surface area (TPSA) is 84.0 Å². The Hall–Kier alpha value is -5.61. The SMILES string of the molecule is C.COc1ccc(N(Cc2cccc(-c3cc(OC)c(OC)c(OC)c3)c2)C2CCN(Cc3ccnc(-c4cc(OC)c(OC)c(OC)c4)c3)CC2)cc1. The minimum atomic E-state index is 0. The lowest BCUT2D eigenvalue weighted by Gasteiger charge is -2.40. The quantitative estimate of drug-likeness (QED) is 0.104. The van der Waals surface area contributed by atoms with Crippen molar-refractivity contribution in [3.63, 3.8) is 0 Å². The van der Waals surface area contributed by atoms with Crippen LogP contribution in [0.1, 0.15) is 31.4 Å². The summed E-state index contributed by atoms with van der Waals surface area (Å²) < 4.78 is 39.0. The molecule has 54 heavy (non-hydrogen) atoms. The number of hydrogen-bond donors (Lipinski definition) is 0. The predicted molar refractivity (Wildman–Crippen MR) is 215 cm³/mol. The number of hydrogen-bond acceptors (Lipinski definition) is 10. The van der Waals surface area contributed by atoms with Gasteiger partial charge in [0.1, 0.15) is 5.75 Å². The molecule has 10 heteroatoms. The van der Waals surface area contributed by atoms with Crippen LogP contribution in [0.2, 0.25) is 0 Å². The fraction of sp³-hybridized carbons (Fsp3) is 0.341. The van der Waals surface area contributed by atoms with E-state index in [0.717, 1.165) is 67.2 Å². The van der Waals surface area contributed by atoms with Crippen LogP contribution in [0.15, 0.2) is 91.1 Å². The van der Waals surface area contributed by atoms with Crippen molar-refractivity contribution in [2.45, 2.75) is 39.4 Å². The number of piperidine rings is 1. The van der Waals surface area contributed by atoms with E-state index < -0.39 is 0 Å². The second-order valence-electron chi connectivity index (χ2n) is 12.9. The summed E-state index contributed by atoms with van der Waals surface area (Å²) in [5.74, 6) is 4.45. The van der Waals surface area contributed by atoms with Crippen LogP contribution < -0.4 is 38.1 Å². The second-order valence-corrected chi connectivity index (χ2v) is 12.9. The van der Waals surface area contributed by atoms with Gasteiger partial charge in [-0.25, -0.2) is 0 Å². The molecule has 4 aromatic carbocycles. The number of pyridine rings is 1. The molecule has 0 N–H and O–H groups in total. The fourth-order valence-electron chi connectivity index (χ4n) is 7.11. The summed E-state index contributed by atoms with van der Waals surface area (Å²) in [6.07, 6.45) is 3.94. The van der Waals surface area contributed by atoms with E-state index in [-0.39, 0.29) is 7.43 Å². The Balaban J connectivity index is 0.00000561. The molecule has 0 radical (unpaired) electrons. The Morgan fingerprint density at radius 3 is 1.70 bits per heavy atom. The molecule has 0 aliphatic carbocycles. The molecule has 10 nitrogen and oxygen atoms in total. The van der Waals surface area contributed by atoms with Crippen LogP contribution >= 0.6 is 0 Å². The highest BCUT2D eigenvalue weighted by Gasteiger charge is 2.26. The van der Waals surface area contributed by atoms with Crippen LogP contribution in [0.3, 0.4) is 0 Å². The lowest BCUT2D eigenvalue weighted by molar-refractivity contribution is 0.201. The van der Waals surface area contributed by atoms with Crippen LogP contribution in [0.5, 0.6) is 40.2 Å². The Morgan fingerprint density at radius 2 is 1.17 bits per heavy atom. The van der Waals surface area contributed by atoms with Crippen molar-refractivity contribution < 1.29 is 33.2 Å². The molecule has 0 spiro atoms. The van der Waals surface area contributed by atoms with Gasteiger partial charge in [-0.05, 0) is 102 Å². The fourth-order valence-corrected chi connectivity index (χ4v) is 7.11. The lowest BCUT2D eigenvalue weighted by atomic mass is 9.98. The molecule has 1 aliphatic heterocycles. The zero-order chi connectivity index (χ0) is 37.3. The van der Waals surface area contributed by atoms with Crippen molar-refractivity contribution in [1.29, 1.82) is 0 Å². The summed E-state index contributed by atoms with van der Waals surface area (Å²) in [5.41, 5.74) is 7.43.